The highest BCUT2D eigenvalue weighted by atomic mass is 19.2. The number of rotatable bonds is 4. The van der Waals surface area contributed by atoms with Crippen molar-refractivity contribution in [1.29, 1.82) is 0 Å². The molecule has 0 spiro atoms. The molecule has 0 fully saturated rings. The lowest BCUT2D eigenvalue weighted by Gasteiger charge is -2.19. The Labute approximate surface area is 89.5 Å². The molecule has 0 aliphatic carbocycles. The van der Waals surface area contributed by atoms with Crippen LogP contribution >= 0.6 is 0 Å². The van der Waals surface area contributed by atoms with Gasteiger partial charge in [-0.25, -0.2) is 8.78 Å². The number of halogens is 2. The standard InChI is InChI=1S/C12H17F2N/c1-8(9(2)15-3)6-10-4-5-11(13)12(14)7-10/h4-5,7-9,15H,6H2,1-3H3. The van der Waals surface area contributed by atoms with Gasteiger partial charge in [0.15, 0.2) is 11.6 Å². The van der Waals surface area contributed by atoms with Crippen molar-refractivity contribution in [2.45, 2.75) is 26.3 Å². The predicted molar refractivity (Wildman–Crippen MR) is 57.7 cm³/mol. The van der Waals surface area contributed by atoms with E-state index in [-0.39, 0.29) is 0 Å². The molecule has 1 nitrogen and oxygen atoms in total. The Bertz CT molecular complexity index is 325. The van der Waals surface area contributed by atoms with E-state index in [1.807, 2.05) is 7.05 Å². The van der Waals surface area contributed by atoms with Gasteiger partial charge in [-0.1, -0.05) is 13.0 Å². The van der Waals surface area contributed by atoms with Gasteiger partial charge < -0.3 is 5.32 Å². The summed E-state index contributed by atoms with van der Waals surface area (Å²) in [5.41, 5.74) is 0.837. The Hall–Kier alpha value is -0.960. The van der Waals surface area contributed by atoms with Crippen molar-refractivity contribution in [2.24, 2.45) is 5.92 Å². The van der Waals surface area contributed by atoms with Crippen LogP contribution in [0.2, 0.25) is 0 Å². The van der Waals surface area contributed by atoms with Crippen LogP contribution in [0.1, 0.15) is 19.4 Å². The normalized spacial score (nSPS) is 15.0. The largest absolute Gasteiger partial charge is 0.317 e. The summed E-state index contributed by atoms with van der Waals surface area (Å²) in [5, 5.41) is 3.14. The summed E-state index contributed by atoms with van der Waals surface area (Å²) in [5.74, 6) is -1.16. The lowest BCUT2D eigenvalue weighted by Crippen LogP contribution is -2.29. The van der Waals surface area contributed by atoms with E-state index in [0.717, 1.165) is 12.0 Å². The minimum atomic E-state index is -0.784. The van der Waals surface area contributed by atoms with Crippen LogP contribution in [-0.4, -0.2) is 13.1 Å². The molecule has 0 aliphatic heterocycles. The molecule has 84 valence electrons. The van der Waals surface area contributed by atoms with Gasteiger partial charge in [0.1, 0.15) is 0 Å². The van der Waals surface area contributed by atoms with Crippen molar-refractivity contribution in [3.63, 3.8) is 0 Å². The average molecular weight is 213 g/mol. The van der Waals surface area contributed by atoms with Gasteiger partial charge >= 0.3 is 0 Å². The van der Waals surface area contributed by atoms with Crippen LogP contribution in [0, 0.1) is 17.6 Å². The summed E-state index contributed by atoms with van der Waals surface area (Å²) in [6.07, 6.45) is 0.749. The molecule has 0 saturated carbocycles. The fraction of sp³-hybridized carbons (Fsp3) is 0.500. The number of nitrogens with one attached hydrogen (secondary N) is 1. The summed E-state index contributed by atoms with van der Waals surface area (Å²) in [6.45, 7) is 4.16. The second-order valence-electron chi connectivity index (χ2n) is 4.01. The summed E-state index contributed by atoms with van der Waals surface area (Å²) < 4.78 is 25.6. The fourth-order valence-electron chi connectivity index (χ4n) is 1.50. The van der Waals surface area contributed by atoms with Gasteiger partial charge in [0.25, 0.3) is 0 Å². The maximum atomic E-state index is 12.9. The Kier molecular flexibility index (Phi) is 4.21. The van der Waals surface area contributed by atoms with Crippen molar-refractivity contribution >= 4 is 0 Å². The molecule has 1 aromatic rings. The highest BCUT2D eigenvalue weighted by Gasteiger charge is 2.11. The first-order chi connectivity index (χ1) is 7.04. The molecule has 0 saturated heterocycles. The molecule has 0 radical (unpaired) electrons. The van der Waals surface area contributed by atoms with Crippen LogP contribution in [0.4, 0.5) is 8.78 Å². The highest BCUT2D eigenvalue weighted by Crippen LogP contribution is 2.14. The number of hydrogen-bond donors (Lipinski definition) is 1. The smallest absolute Gasteiger partial charge is 0.159 e. The van der Waals surface area contributed by atoms with E-state index in [0.29, 0.717) is 12.0 Å². The summed E-state index contributed by atoms with van der Waals surface area (Å²) in [7, 11) is 1.90. The SMILES string of the molecule is CNC(C)C(C)Cc1ccc(F)c(F)c1. The summed E-state index contributed by atoms with van der Waals surface area (Å²) in [4.78, 5) is 0. The van der Waals surface area contributed by atoms with E-state index < -0.39 is 11.6 Å². The fourth-order valence-corrected chi connectivity index (χ4v) is 1.50. The van der Waals surface area contributed by atoms with Gasteiger partial charge in [-0.05, 0) is 44.0 Å². The third kappa shape index (κ3) is 3.27. The van der Waals surface area contributed by atoms with E-state index in [1.165, 1.54) is 12.1 Å². The highest BCUT2D eigenvalue weighted by molar-refractivity contribution is 5.18. The van der Waals surface area contributed by atoms with Crippen molar-refractivity contribution in [1.82, 2.24) is 5.32 Å². The van der Waals surface area contributed by atoms with E-state index >= 15 is 0 Å². The van der Waals surface area contributed by atoms with Crippen molar-refractivity contribution in [2.75, 3.05) is 7.05 Å². The van der Waals surface area contributed by atoms with Gasteiger partial charge in [0.2, 0.25) is 0 Å². The lowest BCUT2D eigenvalue weighted by atomic mass is 9.95. The van der Waals surface area contributed by atoms with Gasteiger partial charge in [0.05, 0.1) is 0 Å². The maximum Gasteiger partial charge on any atom is 0.159 e. The molecule has 2 atom stereocenters. The van der Waals surface area contributed by atoms with E-state index in [9.17, 15) is 8.78 Å². The monoisotopic (exact) mass is 213 g/mol. The van der Waals surface area contributed by atoms with Gasteiger partial charge in [-0.15, -0.1) is 0 Å². The van der Waals surface area contributed by atoms with Crippen LogP contribution in [0.15, 0.2) is 18.2 Å². The predicted octanol–water partition coefficient (Wildman–Crippen LogP) is 2.75. The second kappa shape index (κ2) is 5.21. The third-order valence-electron chi connectivity index (χ3n) is 2.85. The first kappa shape index (κ1) is 12.1. The van der Waals surface area contributed by atoms with Crippen LogP contribution in [0.5, 0.6) is 0 Å². The number of benzene rings is 1. The molecule has 1 aromatic carbocycles. The molecule has 0 bridgehead atoms. The van der Waals surface area contributed by atoms with Crippen LogP contribution in [-0.2, 0) is 6.42 Å². The second-order valence-corrected chi connectivity index (χ2v) is 4.01. The van der Waals surface area contributed by atoms with E-state index in [4.69, 9.17) is 0 Å². The molecule has 2 unspecified atom stereocenters. The first-order valence-corrected chi connectivity index (χ1v) is 5.15. The van der Waals surface area contributed by atoms with Crippen LogP contribution < -0.4 is 5.32 Å². The molecular formula is C12H17F2N. The Morgan fingerprint density at radius 1 is 1.20 bits per heavy atom. The minimum absolute atomic E-state index is 0.359. The van der Waals surface area contributed by atoms with Crippen LogP contribution in [0.25, 0.3) is 0 Å². The van der Waals surface area contributed by atoms with Crippen molar-refractivity contribution in [3.8, 4) is 0 Å². The minimum Gasteiger partial charge on any atom is -0.317 e. The molecular weight excluding hydrogens is 196 g/mol. The number of hydrogen-bond acceptors (Lipinski definition) is 1. The topological polar surface area (TPSA) is 12.0 Å². The van der Waals surface area contributed by atoms with Crippen molar-refractivity contribution < 1.29 is 8.78 Å². The van der Waals surface area contributed by atoms with Crippen LogP contribution in [0.3, 0.4) is 0 Å². The zero-order valence-electron chi connectivity index (χ0n) is 9.35. The Morgan fingerprint density at radius 2 is 1.87 bits per heavy atom. The summed E-state index contributed by atoms with van der Waals surface area (Å²) >= 11 is 0. The molecule has 0 heterocycles. The van der Waals surface area contributed by atoms with E-state index in [2.05, 4.69) is 19.2 Å². The first-order valence-electron chi connectivity index (χ1n) is 5.15. The molecule has 0 aromatic heterocycles. The van der Waals surface area contributed by atoms with Gasteiger partial charge in [0, 0.05) is 6.04 Å². The Morgan fingerprint density at radius 3 is 2.40 bits per heavy atom. The molecule has 0 aliphatic rings. The van der Waals surface area contributed by atoms with Gasteiger partial charge in [-0.3, -0.25) is 0 Å². The Balaban J connectivity index is 2.68. The molecule has 15 heavy (non-hydrogen) atoms. The summed E-state index contributed by atoms with van der Waals surface area (Å²) in [6, 6.07) is 4.45. The quantitative estimate of drug-likeness (QED) is 0.811. The molecule has 1 N–H and O–H groups in total. The van der Waals surface area contributed by atoms with Crippen molar-refractivity contribution in [3.05, 3.63) is 35.4 Å². The van der Waals surface area contributed by atoms with E-state index in [1.54, 1.807) is 6.07 Å². The zero-order valence-corrected chi connectivity index (χ0v) is 9.35. The average Bonchev–Trinajstić information content (AvgIpc) is 2.22. The molecule has 0 amide bonds. The maximum absolute atomic E-state index is 12.9. The molecule has 3 heteroatoms. The molecule has 1 rings (SSSR count). The lowest BCUT2D eigenvalue weighted by molar-refractivity contribution is 0.422. The zero-order chi connectivity index (χ0) is 11.4. The third-order valence-corrected chi connectivity index (χ3v) is 2.85. The van der Waals surface area contributed by atoms with Gasteiger partial charge in [-0.2, -0.15) is 0 Å².